The summed E-state index contributed by atoms with van der Waals surface area (Å²) in [7, 11) is 0. The lowest BCUT2D eigenvalue weighted by molar-refractivity contribution is 0.0651. The number of benzene rings is 1. The van der Waals surface area contributed by atoms with Crippen molar-refractivity contribution < 1.29 is 9.18 Å². The summed E-state index contributed by atoms with van der Waals surface area (Å²) in [6.07, 6.45) is 0. The van der Waals surface area contributed by atoms with E-state index in [0.29, 0.717) is 32.7 Å². The van der Waals surface area contributed by atoms with Gasteiger partial charge in [0.05, 0.1) is 23.2 Å². The molecule has 19 heavy (non-hydrogen) atoms. The van der Waals surface area contributed by atoms with Gasteiger partial charge >= 0.3 is 0 Å². The summed E-state index contributed by atoms with van der Waals surface area (Å²) in [5, 5.41) is 8.47. The first-order chi connectivity index (χ1) is 9.13. The van der Waals surface area contributed by atoms with Crippen LogP contribution in [0.15, 0.2) is 18.2 Å². The van der Waals surface area contributed by atoms with E-state index < -0.39 is 5.82 Å². The number of nitrogens with zero attached hydrogens (tertiary/aromatic N) is 3. The SMILES string of the molecule is N#CCN1CCN(C(=O)c2cccc(F)c2Cl)CC1. The van der Waals surface area contributed by atoms with Crippen LogP contribution in [0.1, 0.15) is 10.4 Å². The molecule has 1 fully saturated rings. The van der Waals surface area contributed by atoms with Crippen LogP contribution in [0.4, 0.5) is 4.39 Å². The fourth-order valence-corrected chi connectivity index (χ4v) is 2.26. The Kier molecular flexibility index (Phi) is 4.35. The summed E-state index contributed by atoms with van der Waals surface area (Å²) < 4.78 is 13.3. The third-order valence-electron chi connectivity index (χ3n) is 3.14. The van der Waals surface area contributed by atoms with E-state index >= 15 is 0 Å². The normalized spacial score (nSPS) is 16.2. The van der Waals surface area contributed by atoms with Gasteiger partial charge in [-0.2, -0.15) is 5.26 Å². The molecule has 2 rings (SSSR count). The molecular formula is C13H13ClFN3O. The van der Waals surface area contributed by atoms with Crippen molar-refractivity contribution in [3.8, 4) is 6.07 Å². The van der Waals surface area contributed by atoms with Crippen molar-refractivity contribution >= 4 is 17.5 Å². The molecule has 0 atom stereocenters. The Hall–Kier alpha value is -1.64. The molecule has 1 aliphatic rings. The van der Waals surface area contributed by atoms with E-state index in [9.17, 15) is 9.18 Å². The van der Waals surface area contributed by atoms with Crippen molar-refractivity contribution in [1.82, 2.24) is 9.80 Å². The molecule has 0 aliphatic carbocycles. The minimum atomic E-state index is -0.587. The Bertz CT molecular complexity index is 521. The smallest absolute Gasteiger partial charge is 0.255 e. The molecule has 1 aromatic rings. The standard InChI is InChI=1S/C13H13ClFN3O/c14-12-10(2-1-3-11(12)15)13(19)18-8-6-17(5-4-16)7-9-18/h1-3H,5-9H2. The van der Waals surface area contributed by atoms with Crippen molar-refractivity contribution in [3.05, 3.63) is 34.6 Å². The van der Waals surface area contributed by atoms with E-state index in [-0.39, 0.29) is 16.5 Å². The molecule has 1 amide bonds. The summed E-state index contributed by atoms with van der Waals surface area (Å²) in [6, 6.07) is 6.30. The van der Waals surface area contributed by atoms with Crippen molar-refractivity contribution in [2.24, 2.45) is 0 Å². The Morgan fingerprint density at radius 2 is 2.05 bits per heavy atom. The number of amides is 1. The highest BCUT2D eigenvalue weighted by molar-refractivity contribution is 6.34. The Labute approximate surface area is 116 Å². The monoisotopic (exact) mass is 281 g/mol. The molecule has 1 saturated heterocycles. The minimum absolute atomic E-state index is 0.132. The van der Waals surface area contributed by atoms with Gasteiger partial charge in [0.2, 0.25) is 0 Å². The molecular weight excluding hydrogens is 269 g/mol. The molecule has 0 saturated carbocycles. The summed E-state index contributed by atoms with van der Waals surface area (Å²) in [4.78, 5) is 15.8. The predicted octanol–water partition coefficient (Wildman–Crippen LogP) is 1.76. The Morgan fingerprint density at radius 1 is 1.37 bits per heavy atom. The van der Waals surface area contributed by atoms with E-state index in [1.165, 1.54) is 18.2 Å². The first kappa shape index (κ1) is 13.8. The number of carbonyl (C=O) groups excluding carboxylic acids is 1. The first-order valence-electron chi connectivity index (χ1n) is 5.96. The second-order valence-electron chi connectivity index (χ2n) is 4.33. The van der Waals surface area contributed by atoms with Gasteiger partial charge in [0.25, 0.3) is 5.91 Å². The third-order valence-corrected chi connectivity index (χ3v) is 3.52. The molecule has 1 aromatic carbocycles. The number of nitriles is 1. The second-order valence-corrected chi connectivity index (χ2v) is 4.71. The fourth-order valence-electron chi connectivity index (χ4n) is 2.05. The molecule has 1 aliphatic heterocycles. The molecule has 0 aromatic heterocycles. The van der Waals surface area contributed by atoms with Crippen LogP contribution in [0.2, 0.25) is 5.02 Å². The van der Waals surface area contributed by atoms with E-state index in [2.05, 4.69) is 6.07 Å². The maximum Gasteiger partial charge on any atom is 0.255 e. The van der Waals surface area contributed by atoms with Gasteiger partial charge in [-0.25, -0.2) is 4.39 Å². The van der Waals surface area contributed by atoms with Crippen LogP contribution in [0.3, 0.4) is 0 Å². The zero-order valence-corrected chi connectivity index (χ0v) is 11.0. The Balaban J connectivity index is 2.06. The summed E-state index contributed by atoms with van der Waals surface area (Å²) in [5.41, 5.74) is 0.190. The van der Waals surface area contributed by atoms with Gasteiger partial charge in [-0.3, -0.25) is 9.69 Å². The molecule has 0 spiro atoms. The van der Waals surface area contributed by atoms with Gasteiger partial charge in [0.15, 0.2) is 0 Å². The quantitative estimate of drug-likeness (QED) is 0.776. The number of hydrogen-bond donors (Lipinski definition) is 0. The van der Waals surface area contributed by atoms with Crippen LogP contribution in [-0.2, 0) is 0 Å². The van der Waals surface area contributed by atoms with Crippen LogP contribution < -0.4 is 0 Å². The van der Waals surface area contributed by atoms with Crippen LogP contribution in [0.25, 0.3) is 0 Å². The highest BCUT2D eigenvalue weighted by atomic mass is 35.5. The molecule has 6 heteroatoms. The number of piperazine rings is 1. The molecule has 4 nitrogen and oxygen atoms in total. The largest absolute Gasteiger partial charge is 0.336 e. The molecule has 0 unspecified atom stereocenters. The number of halogens is 2. The van der Waals surface area contributed by atoms with Crippen molar-refractivity contribution in [2.45, 2.75) is 0 Å². The van der Waals surface area contributed by atoms with Gasteiger partial charge in [-0.1, -0.05) is 17.7 Å². The topological polar surface area (TPSA) is 47.3 Å². The van der Waals surface area contributed by atoms with E-state index in [0.717, 1.165) is 0 Å². The van der Waals surface area contributed by atoms with Crippen molar-refractivity contribution in [3.63, 3.8) is 0 Å². The lowest BCUT2D eigenvalue weighted by atomic mass is 10.1. The van der Waals surface area contributed by atoms with E-state index in [1.54, 1.807) is 4.90 Å². The summed E-state index contributed by atoms with van der Waals surface area (Å²) in [6.45, 7) is 2.70. The summed E-state index contributed by atoms with van der Waals surface area (Å²) >= 11 is 5.81. The lowest BCUT2D eigenvalue weighted by Gasteiger charge is -2.33. The van der Waals surface area contributed by atoms with Gasteiger partial charge < -0.3 is 4.90 Å². The second kappa shape index (κ2) is 6.00. The fraction of sp³-hybridized carbons (Fsp3) is 0.385. The molecule has 0 radical (unpaired) electrons. The van der Waals surface area contributed by atoms with Crippen LogP contribution in [0, 0.1) is 17.1 Å². The number of rotatable bonds is 2. The van der Waals surface area contributed by atoms with Gasteiger partial charge in [-0.15, -0.1) is 0 Å². The molecule has 0 bridgehead atoms. The van der Waals surface area contributed by atoms with Gasteiger partial charge in [0.1, 0.15) is 5.82 Å². The van der Waals surface area contributed by atoms with E-state index in [1.807, 2.05) is 4.90 Å². The maximum absolute atomic E-state index is 13.3. The van der Waals surface area contributed by atoms with Gasteiger partial charge in [-0.05, 0) is 12.1 Å². The predicted molar refractivity (Wildman–Crippen MR) is 69.4 cm³/mol. The highest BCUT2D eigenvalue weighted by Gasteiger charge is 2.24. The van der Waals surface area contributed by atoms with E-state index in [4.69, 9.17) is 16.9 Å². The first-order valence-corrected chi connectivity index (χ1v) is 6.34. The lowest BCUT2D eigenvalue weighted by Crippen LogP contribution is -2.48. The van der Waals surface area contributed by atoms with Crippen molar-refractivity contribution in [2.75, 3.05) is 32.7 Å². The average Bonchev–Trinajstić information content (AvgIpc) is 2.42. The zero-order valence-electron chi connectivity index (χ0n) is 10.3. The molecule has 100 valence electrons. The minimum Gasteiger partial charge on any atom is -0.336 e. The van der Waals surface area contributed by atoms with Crippen molar-refractivity contribution in [1.29, 1.82) is 5.26 Å². The maximum atomic E-state index is 13.3. The number of carbonyl (C=O) groups is 1. The van der Waals surface area contributed by atoms with Crippen LogP contribution in [0.5, 0.6) is 0 Å². The zero-order chi connectivity index (χ0) is 13.8. The molecule has 1 heterocycles. The van der Waals surface area contributed by atoms with Crippen LogP contribution in [-0.4, -0.2) is 48.4 Å². The summed E-state index contributed by atoms with van der Waals surface area (Å²) in [5.74, 6) is -0.850. The average molecular weight is 282 g/mol. The number of hydrogen-bond acceptors (Lipinski definition) is 3. The highest BCUT2D eigenvalue weighted by Crippen LogP contribution is 2.21. The third kappa shape index (κ3) is 3.03. The molecule has 0 N–H and O–H groups in total. The van der Waals surface area contributed by atoms with Crippen LogP contribution >= 0.6 is 11.6 Å². The van der Waals surface area contributed by atoms with Gasteiger partial charge in [0, 0.05) is 26.2 Å². The Morgan fingerprint density at radius 3 is 2.68 bits per heavy atom.